The number of halogens is 3. The smallest absolute Gasteiger partial charge is 0.383 e. The predicted octanol–water partition coefficient (Wildman–Crippen LogP) is 3.08. The third-order valence-electron chi connectivity index (χ3n) is 3.49. The molecule has 0 saturated heterocycles. The predicted molar refractivity (Wildman–Crippen MR) is 77.7 cm³/mol. The first kappa shape index (κ1) is 15.1. The van der Waals surface area contributed by atoms with Crippen molar-refractivity contribution < 1.29 is 23.4 Å². The molecule has 0 aliphatic rings. The highest BCUT2D eigenvalue weighted by Gasteiger charge is 2.31. The normalized spacial score (nSPS) is 11.8. The van der Waals surface area contributed by atoms with Gasteiger partial charge < -0.3 is 15.2 Å². The first-order chi connectivity index (χ1) is 10.8. The number of rotatable bonds is 2. The summed E-state index contributed by atoms with van der Waals surface area (Å²) < 4.78 is 39.5. The van der Waals surface area contributed by atoms with Crippen LogP contribution in [0.1, 0.15) is 5.56 Å². The molecule has 0 atom stereocenters. The maximum absolute atomic E-state index is 13.8. The van der Waals surface area contributed by atoms with Crippen LogP contribution in [0.3, 0.4) is 0 Å². The monoisotopic (exact) mass is 321 g/mol. The number of alkyl halides is 2. The number of aromatic amines is 1. The van der Waals surface area contributed by atoms with Crippen LogP contribution < -0.4 is 5.56 Å². The summed E-state index contributed by atoms with van der Waals surface area (Å²) in [6.45, 7) is 0. The fourth-order valence-corrected chi connectivity index (χ4v) is 2.41. The van der Waals surface area contributed by atoms with Crippen LogP contribution in [0.2, 0.25) is 0 Å². The van der Waals surface area contributed by atoms with E-state index in [1.165, 1.54) is 30.5 Å². The summed E-state index contributed by atoms with van der Waals surface area (Å²) in [6, 6.07) is 6.85. The summed E-state index contributed by atoms with van der Waals surface area (Å²) in [5.74, 6) is -1.38. The molecule has 0 amide bonds. The molecule has 0 aliphatic heterocycles. The summed E-state index contributed by atoms with van der Waals surface area (Å²) >= 11 is 0. The molecule has 23 heavy (non-hydrogen) atoms. The molecule has 0 aliphatic carbocycles. The highest BCUT2D eigenvalue weighted by molar-refractivity contribution is 5.96. The number of phenolic OH excluding ortho intramolecular Hbond substituents is 1. The summed E-state index contributed by atoms with van der Waals surface area (Å²) in [6.07, 6.45) is -2.98. The lowest BCUT2D eigenvalue weighted by Crippen LogP contribution is -2.13. The van der Waals surface area contributed by atoms with Crippen molar-refractivity contribution in [1.82, 2.24) is 4.98 Å². The molecule has 3 N–H and O–H groups in total. The van der Waals surface area contributed by atoms with Gasteiger partial charge in [0.25, 0.3) is 5.56 Å². The van der Waals surface area contributed by atoms with Crippen LogP contribution in [-0.2, 0) is 6.11 Å². The number of hydrogen-bond acceptors (Lipinski definition) is 3. The van der Waals surface area contributed by atoms with E-state index in [0.29, 0.717) is 10.9 Å². The van der Waals surface area contributed by atoms with Gasteiger partial charge >= 0.3 is 6.11 Å². The molecule has 3 rings (SSSR count). The van der Waals surface area contributed by atoms with Crippen LogP contribution in [0.4, 0.5) is 13.2 Å². The number of pyridine rings is 1. The first-order valence-electron chi connectivity index (χ1n) is 6.52. The average molecular weight is 321 g/mol. The van der Waals surface area contributed by atoms with Crippen molar-refractivity contribution in [2.45, 2.75) is 6.11 Å². The van der Waals surface area contributed by atoms with E-state index in [4.69, 9.17) is 5.11 Å². The minimum Gasteiger partial charge on any atom is -0.508 e. The van der Waals surface area contributed by atoms with Crippen molar-refractivity contribution in [1.29, 1.82) is 0 Å². The minimum atomic E-state index is -4.28. The van der Waals surface area contributed by atoms with Gasteiger partial charge in [0.2, 0.25) is 0 Å². The fourth-order valence-electron chi connectivity index (χ4n) is 2.41. The molecule has 4 nitrogen and oxygen atoms in total. The van der Waals surface area contributed by atoms with Gasteiger partial charge in [-0.1, -0.05) is 6.07 Å². The standard InChI is InChI=1S/C16H10F3NO3/c17-14-5-8(1-4-13(14)16(18,19)23)12-7-20-15(22)10-3-2-9(21)6-11(10)12/h1-7,21,23H,(H,20,22). The molecule has 0 fully saturated rings. The van der Waals surface area contributed by atoms with Gasteiger partial charge in [0.05, 0.1) is 5.56 Å². The minimum absolute atomic E-state index is 0.0941. The Morgan fingerprint density at radius 3 is 2.43 bits per heavy atom. The maximum Gasteiger partial charge on any atom is 0.383 e. The topological polar surface area (TPSA) is 73.3 Å². The second-order valence-corrected chi connectivity index (χ2v) is 5.00. The molecule has 1 aromatic heterocycles. The van der Waals surface area contributed by atoms with E-state index < -0.39 is 23.0 Å². The number of aliphatic hydroxyl groups is 1. The Kier molecular flexibility index (Phi) is 3.37. The van der Waals surface area contributed by atoms with Gasteiger partial charge in [0.1, 0.15) is 11.6 Å². The van der Waals surface area contributed by atoms with Crippen molar-refractivity contribution in [3.05, 3.63) is 64.3 Å². The lowest BCUT2D eigenvalue weighted by atomic mass is 9.99. The zero-order chi connectivity index (χ0) is 16.8. The molecule has 0 saturated carbocycles. The van der Waals surface area contributed by atoms with Crippen LogP contribution in [0.15, 0.2) is 47.4 Å². The quantitative estimate of drug-likeness (QED) is 0.679. The van der Waals surface area contributed by atoms with Gasteiger partial charge in [-0.3, -0.25) is 4.79 Å². The van der Waals surface area contributed by atoms with Crippen LogP contribution in [0, 0.1) is 5.82 Å². The SMILES string of the molecule is O=c1[nH]cc(-c2ccc(C(O)(F)F)c(F)c2)c2cc(O)ccc12. The van der Waals surface area contributed by atoms with Crippen LogP contribution in [0.25, 0.3) is 21.9 Å². The van der Waals surface area contributed by atoms with Crippen molar-refractivity contribution >= 4 is 10.8 Å². The van der Waals surface area contributed by atoms with Crippen molar-refractivity contribution in [3.63, 3.8) is 0 Å². The van der Waals surface area contributed by atoms with E-state index >= 15 is 0 Å². The molecular weight excluding hydrogens is 311 g/mol. The van der Waals surface area contributed by atoms with E-state index in [-0.39, 0.29) is 16.7 Å². The number of benzene rings is 2. The van der Waals surface area contributed by atoms with Crippen LogP contribution >= 0.6 is 0 Å². The molecule has 1 heterocycles. The van der Waals surface area contributed by atoms with Crippen LogP contribution in [0.5, 0.6) is 5.75 Å². The zero-order valence-electron chi connectivity index (χ0n) is 11.5. The van der Waals surface area contributed by atoms with E-state index in [0.717, 1.165) is 12.1 Å². The van der Waals surface area contributed by atoms with Crippen molar-refractivity contribution in [2.75, 3.05) is 0 Å². The van der Waals surface area contributed by atoms with Crippen LogP contribution in [-0.4, -0.2) is 15.2 Å². The Balaban J connectivity index is 2.26. The van der Waals surface area contributed by atoms with E-state index in [9.17, 15) is 23.1 Å². The number of H-pyrrole nitrogens is 1. The summed E-state index contributed by atoms with van der Waals surface area (Å²) in [7, 11) is 0. The number of nitrogens with one attached hydrogen (secondary N) is 1. The molecule has 7 heteroatoms. The molecular formula is C16H10F3NO3. The average Bonchev–Trinajstić information content (AvgIpc) is 2.46. The van der Waals surface area contributed by atoms with Crippen molar-refractivity contribution in [3.8, 4) is 16.9 Å². The second-order valence-electron chi connectivity index (χ2n) is 5.00. The largest absolute Gasteiger partial charge is 0.508 e. The maximum atomic E-state index is 13.8. The Bertz CT molecular complexity index is 961. The Hall–Kier alpha value is -2.80. The highest BCUT2D eigenvalue weighted by Crippen LogP contribution is 2.33. The van der Waals surface area contributed by atoms with E-state index in [1.807, 2.05) is 0 Å². The number of phenols is 1. The van der Waals surface area contributed by atoms with Gasteiger partial charge in [-0.2, -0.15) is 8.78 Å². The number of fused-ring (bicyclic) bond motifs is 1. The van der Waals surface area contributed by atoms with E-state index in [2.05, 4.69) is 4.98 Å². The zero-order valence-corrected chi connectivity index (χ0v) is 11.5. The summed E-state index contributed by atoms with van der Waals surface area (Å²) in [5, 5.41) is 18.8. The van der Waals surface area contributed by atoms with Gasteiger partial charge in [0, 0.05) is 22.5 Å². The van der Waals surface area contributed by atoms with Gasteiger partial charge in [-0.05, 0) is 35.9 Å². The molecule has 118 valence electrons. The number of hydrogen-bond donors (Lipinski definition) is 3. The summed E-state index contributed by atoms with van der Waals surface area (Å²) in [5.41, 5.74) is -0.981. The Morgan fingerprint density at radius 2 is 1.78 bits per heavy atom. The fraction of sp³-hybridized carbons (Fsp3) is 0.0625. The molecule has 0 spiro atoms. The highest BCUT2D eigenvalue weighted by atomic mass is 19.3. The van der Waals surface area contributed by atoms with Gasteiger partial charge in [0.15, 0.2) is 0 Å². The second kappa shape index (κ2) is 5.13. The molecule has 3 aromatic rings. The number of aromatic hydroxyl groups is 1. The first-order valence-corrected chi connectivity index (χ1v) is 6.52. The molecule has 0 unspecified atom stereocenters. The lowest BCUT2D eigenvalue weighted by molar-refractivity contribution is -0.210. The van der Waals surface area contributed by atoms with Gasteiger partial charge in [-0.15, -0.1) is 0 Å². The van der Waals surface area contributed by atoms with Gasteiger partial charge in [-0.25, -0.2) is 4.39 Å². The summed E-state index contributed by atoms with van der Waals surface area (Å²) in [4.78, 5) is 14.3. The van der Waals surface area contributed by atoms with Crippen molar-refractivity contribution in [2.24, 2.45) is 0 Å². The Labute approximate surface area is 127 Å². The third-order valence-corrected chi connectivity index (χ3v) is 3.49. The number of aromatic nitrogens is 1. The molecule has 2 aromatic carbocycles. The lowest BCUT2D eigenvalue weighted by Gasteiger charge is -2.12. The van der Waals surface area contributed by atoms with E-state index in [1.54, 1.807) is 0 Å². The molecule has 0 radical (unpaired) electrons. The molecule has 0 bridgehead atoms. The third kappa shape index (κ3) is 2.66. The Morgan fingerprint density at radius 1 is 1.04 bits per heavy atom.